The number of anilines is 1. The number of hydrogen-bond acceptors (Lipinski definition) is 5. The number of nitrogens with zero attached hydrogens (tertiary/aromatic N) is 2. The van der Waals surface area contributed by atoms with Gasteiger partial charge in [-0.3, -0.25) is 4.79 Å². The van der Waals surface area contributed by atoms with Crippen LogP contribution in [0.5, 0.6) is 0 Å². The molecule has 0 bridgehead atoms. The second-order valence-electron chi connectivity index (χ2n) is 10.5. The minimum absolute atomic E-state index is 0.0945. The molecule has 1 unspecified atom stereocenters. The topological polar surface area (TPSA) is 74.6 Å². The van der Waals surface area contributed by atoms with Gasteiger partial charge in [0.1, 0.15) is 11.6 Å². The zero-order valence-electron chi connectivity index (χ0n) is 22.5. The van der Waals surface area contributed by atoms with Gasteiger partial charge in [-0.2, -0.15) is 5.26 Å². The average Bonchev–Trinajstić information content (AvgIpc) is 2.87. The van der Waals surface area contributed by atoms with Crippen molar-refractivity contribution < 1.29 is 14.3 Å². The number of benzene rings is 2. The summed E-state index contributed by atoms with van der Waals surface area (Å²) in [6.07, 6.45) is 5.37. The van der Waals surface area contributed by atoms with Crippen molar-refractivity contribution in [3.8, 4) is 6.07 Å². The number of ether oxygens (including phenoxy) is 2. The van der Waals surface area contributed by atoms with E-state index in [4.69, 9.17) is 9.47 Å². The highest BCUT2D eigenvalue weighted by Crippen LogP contribution is 2.28. The normalized spacial score (nSPS) is 15.8. The van der Waals surface area contributed by atoms with Crippen LogP contribution in [0, 0.1) is 11.3 Å². The Bertz CT molecular complexity index is 1110. The summed E-state index contributed by atoms with van der Waals surface area (Å²) >= 11 is 0. The summed E-state index contributed by atoms with van der Waals surface area (Å²) in [7, 11) is 1.68. The van der Waals surface area contributed by atoms with E-state index in [1.54, 1.807) is 7.11 Å². The minimum atomic E-state index is -0.505. The van der Waals surface area contributed by atoms with Gasteiger partial charge < -0.3 is 19.7 Å². The van der Waals surface area contributed by atoms with E-state index in [0.29, 0.717) is 25.2 Å². The molecule has 1 N–H and O–H groups in total. The van der Waals surface area contributed by atoms with Crippen molar-refractivity contribution in [2.24, 2.45) is 0 Å². The molecule has 194 valence electrons. The molecule has 1 fully saturated rings. The van der Waals surface area contributed by atoms with Crippen LogP contribution in [-0.4, -0.2) is 51.0 Å². The second kappa shape index (κ2) is 12.9. The van der Waals surface area contributed by atoms with E-state index in [2.05, 4.69) is 46.6 Å². The highest BCUT2D eigenvalue weighted by Gasteiger charge is 2.24. The van der Waals surface area contributed by atoms with Gasteiger partial charge in [-0.05, 0) is 99.9 Å². The Balaban J connectivity index is 1.69. The number of nitriles is 1. The van der Waals surface area contributed by atoms with Crippen molar-refractivity contribution in [2.45, 2.75) is 71.4 Å². The summed E-state index contributed by atoms with van der Waals surface area (Å²) in [6, 6.07) is 14.8. The fourth-order valence-corrected chi connectivity index (χ4v) is 4.58. The molecule has 36 heavy (non-hydrogen) atoms. The lowest BCUT2D eigenvalue weighted by atomic mass is 9.96. The molecule has 0 spiro atoms. The summed E-state index contributed by atoms with van der Waals surface area (Å²) < 4.78 is 10.9. The molecule has 1 aliphatic heterocycles. The quantitative estimate of drug-likeness (QED) is 0.315. The van der Waals surface area contributed by atoms with Crippen LogP contribution >= 0.6 is 0 Å². The molecule has 2 aromatic carbocycles. The van der Waals surface area contributed by atoms with E-state index in [1.807, 2.05) is 33.8 Å². The van der Waals surface area contributed by atoms with Crippen LogP contribution in [0.25, 0.3) is 16.3 Å². The first kappa shape index (κ1) is 27.7. The molecule has 2 aromatic rings. The Morgan fingerprint density at radius 2 is 1.81 bits per heavy atom. The van der Waals surface area contributed by atoms with Gasteiger partial charge >= 0.3 is 0 Å². The van der Waals surface area contributed by atoms with Crippen molar-refractivity contribution in [1.82, 2.24) is 5.32 Å². The number of fused-ring (bicyclic) bond motifs is 1. The molecule has 0 radical (unpaired) electrons. The van der Waals surface area contributed by atoms with Crippen molar-refractivity contribution in [3.63, 3.8) is 0 Å². The monoisotopic (exact) mass is 491 g/mol. The predicted molar refractivity (Wildman–Crippen MR) is 147 cm³/mol. The van der Waals surface area contributed by atoms with Crippen LogP contribution in [0.2, 0.25) is 0 Å². The maximum atomic E-state index is 13.1. The summed E-state index contributed by atoms with van der Waals surface area (Å²) in [4.78, 5) is 15.5. The van der Waals surface area contributed by atoms with Gasteiger partial charge in [0.2, 0.25) is 0 Å². The van der Waals surface area contributed by atoms with Crippen molar-refractivity contribution >= 4 is 27.9 Å². The van der Waals surface area contributed by atoms with Crippen molar-refractivity contribution in [2.75, 3.05) is 38.3 Å². The molecule has 0 aromatic heterocycles. The van der Waals surface area contributed by atoms with E-state index < -0.39 is 5.54 Å². The number of piperidine rings is 1. The van der Waals surface area contributed by atoms with Crippen LogP contribution in [-0.2, 0) is 14.3 Å². The fraction of sp³-hybridized carbons (Fsp3) is 0.533. The standard InChI is InChI=1S/C30H41N3O3/c1-22(13-17-35-5)36-18-14-30(3,4)32-29(34)28(21-31)23(2)24-9-10-26-20-27(12-11-25(26)19-24)33-15-7-6-8-16-33/h9-12,19-20,22H,6-8,13-18H2,1-5H3,(H,32,34)/b28-23+. The van der Waals surface area contributed by atoms with Crippen LogP contribution in [0.15, 0.2) is 42.0 Å². The number of carbonyl (C=O) groups is 1. The van der Waals surface area contributed by atoms with E-state index in [1.165, 1.54) is 30.3 Å². The third kappa shape index (κ3) is 7.56. The van der Waals surface area contributed by atoms with Crippen molar-refractivity contribution in [3.05, 3.63) is 47.5 Å². The van der Waals surface area contributed by atoms with Gasteiger partial charge in [-0.15, -0.1) is 0 Å². The molecule has 0 aliphatic carbocycles. The average molecular weight is 492 g/mol. The van der Waals surface area contributed by atoms with Gasteiger partial charge in [-0.25, -0.2) is 0 Å². The van der Waals surface area contributed by atoms with Gasteiger partial charge in [-0.1, -0.05) is 18.2 Å². The smallest absolute Gasteiger partial charge is 0.262 e. The lowest BCUT2D eigenvalue weighted by Crippen LogP contribution is -2.45. The second-order valence-corrected chi connectivity index (χ2v) is 10.5. The highest BCUT2D eigenvalue weighted by atomic mass is 16.5. The number of amides is 1. The zero-order valence-corrected chi connectivity index (χ0v) is 22.5. The van der Waals surface area contributed by atoms with Gasteiger partial charge in [0, 0.05) is 44.6 Å². The molecule has 6 heteroatoms. The number of hydrogen-bond donors (Lipinski definition) is 1. The third-order valence-corrected chi connectivity index (χ3v) is 7.00. The third-order valence-electron chi connectivity index (χ3n) is 7.00. The molecular weight excluding hydrogens is 450 g/mol. The number of carbonyl (C=O) groups excluding carboxylic acids is 1. The Morgan fingerprint density at radius 3 is 2.50 bits per heavy atom. The van der Waals surface area contributed by atoms with Gasteiger partial charge in [0.25, 0.3) is 5.91 Å². The van der Waals surface area contributed by atoms with E-state index >= 15 is 0 Å². The van der Waals surface area contributed by atoms with E-state index in [0.717, 1.165) is 30.5 Å². The Morgan fingerprint density at radius 1 is 1.11 bits per heavy atom. The summed E-state index contributed by atoms with van der Waals surface area (Å²) in [5.74, 6) is -0.354. The molecule has 1 heterocycles. The van der Waals surface area contributed by atoms with Crippen LogP contribution in [0.1, 0.15) is 65.4 Å². The zero-order chi connectivity index (χ0) is 26.1. The molecule has 1 saturated heterocycles. The fourth-order valence-electron chi connectivity index (χ4n) is 4.58. The first-order valence-corrected chi connectivity index (χ1v) is 13.1. The van der Waals surface area contributed by atoms with E-state index in [-0.39, 0.29) is 17.6 Å². The Labute approximate surface area is 216 Å². The Hall–Kier alpha value is -2.88. The molecular formula is C30H41N3O3. The minimum Gasteiger partial charge on any atom is -0.385 e. The summed E-state index contributed by atoms with van der Waals surface area (Å²) in [5, 5.41) is 15.1. The van der Waals surface area contributed by atoms with Crippen LogP contribution < -0.4 is 10.2 Å². The highest BCUT2D eigenvalue weighted by molar-refractivity contribution is 6.05. The first-order chi connectivity index (χ1) is 17.2. The molecule has 0 saturated carbocycles. The molecule has 3 rings (SSSR count). The molecule has 1 amide bonds. The predicted octanol–water partition coefficient (Wildman–Crippen LogP) is 5.85. The Kier molecular flexibility index (Phi) is 9.92. The number of allylic oxidation sites excluding steroid dienone is 1. The van der Waals surface area contributed by atoms with Crippen LogP contribution in [0.4, 0.5) is 5.69 Å². The first-order valence-electron chi connectivity index (χ1n) is 13.1. The number of methoxy groups -OCH3 is 1. The molecule has 1 atom stereocenters. The number of nitrogens with one attached hydrogen (secondary N) is 1. The largest absolute Gasteiger partial charge is 0.385 e. The SMILES string of the molecule is COCCC(C)OCCC(C)(C)NC(=O)/C(C#N)=C(\C)c1ccc2cc(N3CCCCC3)ccc2c1. The summed E-state index contributed by atoms with van der Waals surface area (Å²) in [6.45, 7) is 11.2. The number of rotatable bonds is 11. The lowest BCUT2D eigenvalue weighted by Gasteiger charge is -2.29. The van der Waals surface area contributed by atoms with Crippen molar-refractivity contribution in [1.29, 1.82) is 5.26 Å². The lowest BCUT2D eigenvalue weighted by molar-refractivity contribution is -0.118. The summed E-state index contributed by atoms with van der Waals surface area (Å²) in [5.41, 5.74) is 2.46. The van der Waals surface area contributed by atoms with Crippen LogP contribution in [0.3, 0.4) is 0 Å². The maximum Gasteiger partial charge on any atom is 0.262 e. The van der Waals surface area contributed by atoms with E-state index in [9.17, 15) is 10.1 Å². The molecule has 1 aliphatic rings. The van der Waals surface area contributed by atoms with Gasteiger partial charge in [0.05, 0.1) is 6.10 Å². The maximum absolute atomic E-state index is 13.1. The molecule has 6 nitrogen and oxygen atoms in total. The van der Waals surface area contributed by atoms with Gasteiger partial charge in [0.15, 0.2) is 0 Å².